The monoisotopic (exact) mass is 279 g/mol. The first-order chi connectivity index (χ1) is 8.66. The van der Waals surface area contributed by atoms with Gasteiger partial charge in [-0.25, -0.2) is 0 Å². The normalized spacial score (nSPS) is 11.9. The van der Waals surface area contributed by atoms with E-state index in [2.05, 4.69) is 5.32 Å². The molecule has 18 heavy (non-hydrogen) atoms. The van der Waals surface area contributed by atoms with E-state index in [1.807, 2.05) is 30.3 Å². The summed E-state index contributed by atoms with van der Waals surface area (Å²) in [4.78, 5) is 11.9. The van der Waals surface area contributed by atoms with E-state index in [1.54, 1.807) is 24.3 Å². The molecule has 1 atom stereocenters. The molecule has 0 aromatic heterocycles. The van der Waals surface area contributed by atoms with Gasteiger partial charge in [0.25, 0.3) is 0 Å². The van der Waals surface area contributed by atoms with Gasteiger partial charge in [-0.1, -0.05) is 41.9 Å². The summed E-state index contributed by atoms with van der Waals surface area (Å²) in [7, 11) is 0. The van der Waals surface area contributed by atoms with Crippen LogP contribution in [0.4, 0.5) is 5.69 Å². The predicted molar refractivity (Wildman–Crippen MR) is 75.1 cm³/mol. The topological polar surface area (TPSA) is 29.1 Å². The van der Waals surface area contributed by atoms with Crippen LogP contribution in [0.15, 0.2) is 54.6 Å². The summed E-state index contributed by atoms with van der Waals surface area (Å²) in [6.45, 7) is 0. The second-order valence-electron chi connectivity index (χ2n) is 3.77. The maximum atomic E-state index is 11.9. The van der Waals surface area contributed by atoms with Crippen LogP contribution in [0.5, 0.6) is 0 Å². The van der Waals surface area contributed by atoms with Gasteiger partial charge >= 0.3 is 0 Å². The molecule has 0 fully saturated rings. The van der Waals surface area contributed by atoms with Gasteiger partial charge in [-0.15, -0.1) is 11.6 Å². The van der Waals surface area contributed by atoms with Gasteiger partial charge in [-0.05, 0) is 29.8 Å². The lowest BCUT2D eigenvalue weighted by atomic mass is 10.1. The van der Waals surface area contributed by atoms with E-state index in [1.165, 1.54) is 0 Å². The number of hydrogen-bond donors (Lipinski definition) is 1. The fourth-order valence-electron chi connectivity index (χ4n) is 1.51. The van der Waals surface area contributed by atoms with Crippen LogP contribution in [0.3, 0.4) is 0 Å². The van der Waals surface area contributed by atoms with Crippen LogP contribution in [0.1, 0.15) is 10.9 Å². The fraction of sp³-hybridized carbons (Fsp3) is 0.0714. The van der Waals surface area contributed by atoms with Crippen LogP contribution in [-0.2, 0) is 4.79 Å². The summed E-state index contributed by atoms with van der Waals surface area (Å²) in [6.07, 6.45) is 0. The SMILES string of the molecule is O=C(Nc1ccccc1)[C@H](Cl)c1ccc(Cl)cc1. The molecule has 0 unspecified atom stereocenters. The van der Waals surface area contributed by atoms with Crippen molar-refractivity contribution < 1.29 is 4.79 Å². The Balaban J connectivity index is 2.07. The second-order valence-corrected chi connectivity index (χ2v) is 4.64. The van der Waals surface area contributed by atoms with Crippen molar-refractivity contribution in [1.82, 2.24) is 0 Å². The van der Waals surface area contributed by atoms with Crippen molar-refractivity contribution in [2.45, 2.75) is 5.38 Å². The number of nitrogens with one attached hydrogen (secondary N) is 1. The average molecular weight is 280 g/mol. The molecule has 2 rings (SSSR count). The van der Waals surface area contributed by atoms with E-state index in [9.17, 15) is 4.79 Å². The number of anilines is 1. The van der Waals surface area contributed by atoms with Crippen molar-refractivity contribution in [3.05, 3.63) is 65.2 Å². The van der Waals surface area contributed by atoms with Crippen molar-refractivity contribution in [3.63, 3.8) is 0 Å². The van der Waals surface area contributed by atoms with Crippen LogP contribution < -0.4 is 5.32 Å². The molecule has 0 saturated carbocycles. The molecule has 92 valence electrons. The molecular weight excluding hydrogens is 269 g/mol. The third-order valence-electron chi connectivity index (χ3n) is 2.43. The second kappa shape index (κ2) is 5.89. The zero-order valence-corrected chi connectivity index (χ0v) is 10.9. The Kier molecular flexibility index (Phi) is 4.24. The van der Waals surface area contributed by atoms with E-state index in [4.69, 9.17) is 23.2 Å². The van der Waals surface area contributed by atoms with Crippen LogP contribution in [0, 0.1) is 0 Å². The lowest BCUT2D eigenvalue weighted by molar-refractivity contribution is -0.116. The van der Waals surface area contributed by atoms with Crippen molar-refractivity contribution in [2.75, 3.05) is 5.32 Å². The molecule has 2 nitrogen and oxygen atoms in total. The van der Waals surface area contributed by atoms with Gasteiger partial charge in [-0.2, -0.15) is 0 Å². The molecule has 2 aromatic carbocycles. The molecule has 4 heteroatoms. The molecule has 0 saturated heterocycles. The highest BCUT2D eigenvalue weighted by atomic mass is 35.5. The minimum absolute atomic E-state index is 0.259. The maximum absolute atomic E-state index is 11.9. The van der Waals surface area contributed by atoms with Crippen LogP contribution in [0.2, 0.25) is 5.02 Å². The van der Waals surface area contributed by atoms with Gasteiger partial charge in [0.2, 0.25) is 5.91 Å². The summed E-state index contributed by atoms with van der Waals surface area (Å²) in [6, 6.07) is 16.1. The molecule has 0 aliphatic rings. The van der Waals surface area contributed by atoms with Crippen molar-refractivity contribution in [1.29, 1.82) is 0 Å². The number of amides is 1. The largest absolute Gasteiger partial charge is 0.325 e. The Labute approximate surface area is 116 Å². The Hall–Kier alpha value is -1.51. The summed E-state index contributed by atoms with van der Waals surface area (Å²) in [5, 5.41) is 2.63. The highest BCUT2D eigenvalue weighted by Crippen LogP contribution is 2.23. The molecule has 1 amide bonds. The third kappa shape index (κ3) is 3.25. The van der Waals surface area contributed by atoms with Gasteiger partial charge in [0.05, 0.1) is 0 Å². The summed E-state index contributed by atoms with van der Waals surface area (Å²) < 4.78 is 0. The van der Waals surface area contributed by atoms with E-state index in [0.717, 1.165) is 11.3 Å². The number of rotatable bonds is 3. The van der Waals surface area contributed by atoms with Crippen LogP contribution in [-0.4, -0.2) is 5.91 Å². The molecule has 0 radical (unpaired) electrons. The summed E-state index contributed by atoms with van der Waals surface area (Å²) in [5.74, 6) is -0.259. The highest BCUT2D eigenvalue weighted by Gasteiger charge is 2.17. The first kappa shape index (κ1) is 12.9. The van der Waals surface area contributed by atoms with Gasteiger partial charge in [-0.3, -0.25) is 4.79 Å². The number of benzene rings is 2. The average Bonchev–Trinajstić information content (AvgIpc) is 2.40. The molecule has 0 heterocycles. The van der Waals surface area contributed by atoms with Gasteiger partial charge in [0, 0.05) is 10.7 Å². The number of para-hydroxylation sites is 1. The predicted octanol–water partition coefficient (Wildman–Crippen LogP) is 4.26. The zero-order valence-electron chi connectivity index (χ0n) is 9.44. The molecule has 0 bridgehead atoms. The molecule has 0 spiro atoms. The minimum Gasteiger partial charge on any atom is -0.325 e. The molecular formula is C14H11Cl2NO. The Bertz CT molecular complexity index is 525. The van der Waals surface area contributed by atoms with Crippen molar-refractivity contribution in [2.24, 2.45) is 0 Å². The van der Waals surface area contributed by atoms with Gasteiger partial charge in [0.1, 0.15) is 5.38 Å². The highest BCUT2D eigenvalue weighted by molar-refractivity contribution is 6.33. The standard InChI is InChI=1S/C14H11Cl2NO/c15-11-8-6-10(7-9-11)13(16)14(18)17-12-4-2-1-3-5-12/h1-9,13H,(H,17,18)/t13-/m1/s1. The van der Waals surface area contributed by atoms with E-state index < -0.39 is 5.38 Å². The zero-order chi connectivity index (χ0) is 13.0. The molecule has 2 aromatic rings. The quantitative estimate of drug-likeness (QED) is 0.836. The number of carbonyl (C=O) groups excluding carboxylic acids is 1. The molecule has 1 N–H and O–H groups in total. The first-order valence-corrected chi connectivity index (χ1v) is 6.24. The van der Waals surface area contributed by atoms with E-state index >= 15 is 0 Å². The number of hydrogen-bond acceptors (Lipinski definition) is 1. The smallest absolute Gasteiger partial charge is 0.246 e. The molecule has 0 aliphatic carbocycles. The minimum atomic E-state index is -0.734. The Morgan fingerprint density at radius 3 is 2.22 bits per heavy atom. The lowest BCUT2D eigenvalue weighted by Crippen LogP contribution is -2.17. The number of alkyl halides is 1. The van der Waals surface area contributed by atoms with Crippen LogP contribution >= 0.6 is 23.2 Å². The maximum Gasteiger partial charge on any atom is 0.246 e. The Morgan fingerprint density at radius 2 is 1.61 bits per heavy atom. The number of carbonyl (C=O) groups is 1. The van der Waals surface area contributed by atoms with E-state index in [-0.39, 0.29) is 5.91 Å². The van der Waals surface area contributed by atoms with Gasteiger partial charge < -0.3 is 5.32 Å². The summed E-state index contributed by atoms with van der Waals surface area (Å²) in [5.41, 5.74) is 1.44. The summed E-state index contributed by atoms with van der Waals surface area (Å²) >= 11 is 11.9. The van der Waals surface area contributed by atoms with Crippen molar-refractivity contribution in [3.8, 4) is 0 Å². The third-order valence-corrected chi connectivity index (χ3v) is 3.14. The fourth-order valence-corrected chi connectivity index (χ4v) is 1.84. The first-order valence-electron chi connectivity index (χ1n) is 5.42. The van der Waals surface area contributed by atoms with Gasteiger partial charge in [0.15, 0.2) is 0 Å². The van der Waals surface area contributed by atoms with Crippen LogP contribution in [0.25, 0.3) is 0 Å². The lowest BCUT2D eigenvalue weighted by Gasteiger charge is -2.10. The number of halogens is 2. The molecule has 0 aliphatic heterocycles. The van der Waals surface area contributed by atoms with E-state index in [0.29, 0.717) is 5.02 Å². The Morgan fingerprint density at radius 1 is 1.00 bits per heavy atom. The van der Waals surface area contributed by atoms with Crippen molar-refractivity contribution >= 4 is 34.8 Å².